The molecule has 8 nitrogen and oxygen atoms in total. The van der Waals surface area contributed by atoms with Crippen molar-refractivity contribution < 1.29 is 23.9 Å². The topological polar surface area (TPSA) is 105 Å². The molecule has 0 aromatic heterocycles. The number of amides is 4. The largest absolute Gasteiger partial charge is 0.462 e. The van der Waals surface area contributed by atoms with Gasteiger partial charge in [0.15, 0.2) is 0 Å². The number of nitrogens with zero attached hydrogens (tertiary/aromatic N) is 1. The number of nitrogens with one attached hydrogen (secondary N) is 2. The molecule has 1 fully saturated rings. The molecule has 31 heavy (non-hydrogen) atoms. The third-order valence-electron chi connectivity index (χ3n) is 5.31. The van der Waals surface area contributed by atoms with Gasteiger partial charge in [0.2, 0.25) is 5.91 Å². The Morgan fingerprint density at radius 3 is 2.35 bits per heavy atom. The lowest BCUT2D eigenvalue weighted by atomic mass is 9.94. The zero-order valence-electron chi connectivity index (χ0n) is 18.7. The molecule has 1 heterocycles. The minimum absolute atomic E-state index is 0.365. The van der Waals surface area contributed by atoms with Gasteiger partial charge in [0.1, 0.15) is 12.1 Å². The summed E-state index contributed by atoms with van der Waals surface area (Å²) >= 11 is 0. The molecule has 2 N–H and O–H groups in total. The summed E-state index contributed by atoms with van der Waals surface area (Å²) in [6, 6.07) is 5.73. The summed E-state index contributed by atoms with van der Waals surface area (Å²) in [7, 11) is 0. The highest BCUT2D eigenvalue weighted by atomic mass is 16.5. The Balaban J connectivity index is 1.88. The molecule has 1 aromatic rings. The molecule has 4 amide bonds. The van der Waals surface area contributed by atoms with Crippen molar-refractivity contribution in [1.29, 1.82) is 0 Å². The number of carbonyl (C=O) groups excluding carboxylic acids is 4. The van der Waals surface area contributed by atoms with E-state index in [4.69, 9.17) is 4.74 Å². The van der Waals surface area contributed by atoms with Gasteiger partial charge in [0, 0.05) is 5.69 Å². The summed E-state index contributed by atoms with van der Waals surface area (Å²) in [4.78, 5) is 50.3. The van der Waals surface area contributed by atoms with Crippen molar-refractivity contribution in [3.63, 3.8) is 0 Å². The first-order valence-corrected chi connectivity index (χ1v) is 11.0. The highest BCUT2D eigenvalue weighted by Crippen LogP contribution is 2.24. The van der Waals surface area contributed by atoms with Crippen molar-refractivity contribution in [1.82, 2.24) is 10.2 Å². The first-order valence-electron chi connectivity index (χ1n) is 11.0. The third-order valence-corrected chi connectivity index (χ3v) is 5.31. The number of carbonyl (C=O) groups is 4. The highest BCUT2D eigenvalue weighted by molar-refractivity contribution is 6.09. The molecule has 0 bridgehead atoms. The lowest BCUT2D eigenvalue weighted by molar-refractivity contribution is -0.133. The molecule has 0 radical (unpaired) electrons. The number of hydrogen-bond acceptors (Lipinski definition) is 5. The van der Waals surface area contributed by atoms with Gasteiger partial charge in [0.05, 0.1) is 12.2 Å². The number of imide groups is 1. The Morgan fingerprint density at radius 2 is 1.71 bits per heavy atom. The molecule has 1 atom stereocenters. The summed E-state index contributed by atoms with van der Waals surface area (Å²) in [6.45, 7) is 5.83. The predicted molar refractivity (Wildman–Crippen MR) is 118 cm³/mol. The van der Waals surface area contributed by atoms with Crippen LogP contribution >= 0.6 is 0 Å². The van der Waals surface area contributed by atoms with Gasteiger partial charge in [-0.2, -0.15) is 0 Å². The Hall–Kier alpha value is -2.90. The molecular formula is C23H33N3O5. The van der Waals surface area contributed by atoms with Gasteiger partial charge in [0.25, 0.3) is 5.91 Å². The van der Waals surface area contributed by atoms with Crippen LogP contribution in [0.25, 0.3) is 0 Å². The lowest BCUT2D eigenvalue weighted by Gasteiger charge is -2.21. The number of hydrogen-bond donors (Lipinski definition) is 2. The summed E-state index contributed by atoms with van der Waals surface area (Å²) < 4.78 is 5.15. The molecule has 170 valence electrons. The van der Waals surface area contributed by atoms with Crippen molar-refractivity contribution in [2.45, 2.75) is 71.3 Å². The van der Waals surface area contributed by atoms with Crippen molar-refractivity contribution in [3.8, 4) is 0 Å². The van der Waals surface area contributed by atoms with E-state index in [2.05, 4.69) is 17.6 Å². The summed E-state index contributed by atoms with van der Waals surface area (Å²) in [5, 5.41) is 5.37. The first-order chi connectivity index (χ1) is 14.8. The SMILES string of the molecule is CCCCCCC1(C)NC(=O)N(CC(=O)Nc2ccc(C(=O)OCCCC)cc2)C1=O. The van der Waals surface area contributed by atoms with Gasteiger partial charge in [-0.3, -0.25) is 14.5 Å². The molecule has 0 aliphatic carbocycles. The van der Waals surface area contributed by atoms with Crippen molar-refractivity contribution in [3.05, 3.63) is 29.8 Å². The van der Waals surface area contributed by atoms with Gasteiger partial charge in [-0.05, 0) is 44.0 Å². The third kappa shape index (κ3) is 6.80. The van der Waals surface area contributed by atoms with E-state index >= 15 is 0 Å². The minimum Gasteiger partial charge on any atom is -0.462 e. The predicted octanol–water partition coefficient (Wildman–Crippen LogP) is 3.86. The molecule has 8 heteroatoms. The summed E-state index contributed by atoms with van der Waals surface area (Å²) in [5.41, 5.74) is -0.114. The molecule has 1 aromatic carbocycles. The van der Waals surface area contributed by atoms with Crippen LogP contribution in [0.15, 0.2) is 24.3 Å². The molecule has 1 unspecified atom stereocenters. The van der Waals surface area contributed by atoms with E-state index in [1.165, 1.54) is 0 Å². The van der Waals surface area contributed by atoms with E-state index < -0.39 is 23.4 Å². The molecular weight excluding hydrogens is 398 g/mol. The Kier molecular flexibility index (Phi) is 9.03. The number of ether oxygens (including phenoxy) is 1. The van der Waals surface area contributed by atoms with Gasteiger partial charge in [-0.25, -0.2) is 9.59 Å². The lowest BCUT2D eigenvalue weighted by Crippen LogP contribution is -2.44. The van der Waals surface area contributed by atoms with Crippen LogP contribution in [0.4, 0.5) is 10.5 Å². The number of unbranched alkanes of at least 4 members (excludes halogenated alkanes) is 4. The van der Waals surface area contributed by atoms with E-state index in [0.717, 1.165) is 43.4 Å². The zero-order chi connectivity index (χ0) is 22.9. The van der Waals surface area contributed by atoms with Crippen LogP contribution in [0.1, 0.15) is 76.1 Å². The number of urea groups is 1. The molecule has 0 saturated carbocycles. The van der Waals surface area contributed by atoms with Gasteiger partial charge in [-0.1, -0.05) is 46.0 Å². The van der Waals surface area contributed by atoms with Crippen molar-refractivity contribution in [2.75, 3.05) is 18.5 Å². The summed E-state index contributed by atoms with van der Waals surface area (Å²) in [6.07, 6.45) is 6.30. The van der Waals surface area contributed by atoms with Gasteiger partial charge >= 0.3 is 12.0 Å². The zero-order valence-corrected chi connectivity index (χ0v) is 18.7. The molecule has 0 spiro atoms. The standard InChI is InChI=1S/C23H33N3O5/c1-4-6-8-9-14-23(3)21(29)26(22(30)25-23)16-19(27)24-18-12-10-17(11-13-18)20(28)31-15-7-5-2/h10-13H,4-9,14-16H2,1-3H3,(H,24,27)(H,25,30). The second kappa shape index (κ2) is 11.5. The molecule has 1 aliphatic heterocycles. The highest BCUT2D eigenvalue weighted by Gasteiger charge is 2.47. The number of benzene rings is 1. The second-order valence-corrected chi connectivity index (χ2v) is 8.08. The Bertz CT molecular complexity index is 793. The first kappa shape index (κ1) is 24.4. The maximum absolute atomic E-state index is 12.7. The molecule has 1 aliphatic rings. The fourth-order valence-electron chi connectivity index (χ4n) is 3.39. The van der Waals surface area contributed by atoms with E-state index in [-0.39, 0.29) is 12.5 Å². The van der Waals surface area contributed by atoms with E-state index in [0.29, 0.717) is 24.3 Å². The van der Waals surface area contributed by atoms with Gasteiger partial charge < -0.3 is 15.4 Å². The van der Waals surface area contributed by atoms with Crippen molar-refractivity contribution in [2.24, 2.45) is 0 Å². The number of anilines is 1. The van der Waals surface area contributed by atoms with E-state index in [9.17, 15) is 19.2 Å². The maximum Gasteiger partial charge on any atom is 0.338 e. The fraction of sp³-hybridized carbons (Fsp3) is 0.565. The summed E-state index contributed by atoms with van der Waals surface area (Å²) in [5.74, 6) is -1.28. The van der Waals surface area contributed by atoms with E-state index in [1.807, 2.05) is 6.92 Å². The monoisotopic (exact) mass is 431 g/mol. The maximum atomic E-state index is 12.7. The smallest absolute Gasteiger partial charge is 0.338 e. The normalized spacial score (nSPS) is 18.1. The average Bonchev–Trinajstić information content (AvgIpc) is 2.95. The Labute approximate surface area is 183 Å². The van der Waals surface area contributed by atoms with Crippen LogP contribution < -0.4 is 10.6 Å². The van der Waals surface area contributed by atoms with Crippen LogP contribution in [0.2, 0.25) is 0 Å². The van der Waals surface area contributed by atoms with Crippen molar-refractivity contribution >= 4 is 29.5 Å². The quantitative estimate of drug-likeness (QED) is 0.297. The average molecular weight is 432 g/mol. The minimum atomic E-state index is -0.967. The van der Waals surface area contributed by atoms with Crippen LogP contribution in [0.5, 0.6) is 0 Å². The Morgan fingerprint density at radius 1 is 1.03 bits per heavy atom. The second-order valence-electron chi connectivity index (χ2n) is 8.08. The number of rotatable bonds is 12. The fourth-order valence-corrected chi connectivity index (χ4v) is 3.39. The van der Waals surface area contributed by atoms with E-state index in [1.54, 1.807) is 31.2 Å². The van der Waals surface area contributed by atoms with Crippen LogP contribution in [0.3, 0.4) is 0 Å². The molecule has 1 saturated heterocycles. The molecule has 2 rings (SSSR count). The van der Waals surface area contributed by atoms with Gasteiger partial charge in [-0.15, -0.1) is 0 Å². The van der Waals surface area contributed by atoms with Crippen LogP contribution in [-0.4, -0.2) is 47.4 Å². The van der Waals surface area contributed by atoms with Crippen LogP contribution in [-0.2, 0) is 14.3 Å². The van der Waals surface area contributed by atoms with Crippen LogP contribution in [0, 0.1) is 0 Å². The number of esters is 1.